The molecule has 1 aromatic carbocycles. The van der Waals surface area contributed by atoms with E-state index in [9.17, 15) is 4.79 Å². The molecular weight excluding hydrogens is 348 g/mol. The van der Waals surface area contributed by atoms with Gasteiger partial charge in [0.25, 0.3) is 0 Å². The van der Waals surface area contributed by atoms with Crippen molar-refractivity contribution < 1.29 is 9.53 Å². The minimum absolute atomic E-state index is 0.0366. The molecule has 1 aliphatic rings. The zero-order valence-electron chi connectivity index (χ0n) is 14.7. The Kier molecular flexibility index (Phi) is 4.46. The lowest BCUT2D eigenvalue weighted by Gasteiger charge is -2.20. The summed E-state index contributed by atoms with van der Waals surface area (Å²) in [5, 5.41) is 6.33. The summed E-state index contributed by atoms with van der Waals surface area (Å²) < 4.78 is 5.40. The number of aryl methyl sites for hydroxylation is 1. The molecule has 1 unspecified atom stereocenters. The van der Waals surface area contributed by atoms with Crippen LogP contribution >= 0.6 is 11.3 Å². The summed E-state index contributed by atoms with van der Waals surface area (Å²) in [6.07, 6.45) is 1.47. The lowest BCUT2D eigenvalue weighted by Crippen LogP contribution is -2.34. The molecule has 0 bridgehead atoms. The summed E-state index contributed by atoms with van der Waals surface area (Å²) >= 11 is 1.59. The van der Waals surface area contributed by atoms with Crippen molar-refractivity contribution in [1.29, 1.82) is 0 Å². The van der Waals surface area contributed by atoms with Gasteiger partial charge >= 0.3 is 0 Å². The molecule has 4 rings (SSSR count). The predicted octanol–water partition coefficient (Wildman–Crippen LogP) is 3.48. The van der Waals surface area contributed by atoms with Crippen molar-refractivity contribution >= 4 is 39.0 Å². The van der Waals surface area contributed by atoms with E-state index in [1.807, 2.05) is 42.6 Å². The lowest BCUT2D eigenvalue weighted by molar-refractivity contribution is -0.117. The van der Waals surface area contributed by atoms with Gasteiger partial charge in [-0.25, -0.2) is 9.97 Å². The van der Waals surface area contributed by atoms with E-state index in [2.05, 4.69) is 15.3 Å². The Labute approximate surface area is 155 Å². The van der Waals surface area contributed by atoms with Crippen molar-refractivity contribution in [2.75, 3.05) is 23.9 Å². The standard InChI is InChI=1S/C19H20N4O2S/c1-3-16-21-17(12-9-11-26-18(12)22-16)20-13-8-10-23(19(13)24)14-6-4-5-7-15(14)25-2/h4-7,9,11,13H,3,8,10H2,1-2H3,(H,20,21,22). The molecule has 0 radical (unpaired) electrons. The van der Waals surface area contributed by atoms with E-state index in [0.29, 0.717) is 18.7 Å². The van der Waals surface area contributed by atoms with E-state index in [4.69, 9.17) is 4.74 Å². The van der Waals surface area contributed by atoms with Crippen molar-refractivity contribution in [2.24, 2.45) is 0 Å². The normalized spacial score (nSPS) is 17.1. The molecule has 3 aromatic rings. The van der Waals surface area contributed by atoms with Crippen LogP contribution in [0.2, 0.25) is 0 Å². The van der Waals surface area contributed by atoms with Crippen molar-refractivity contribution in [1.82, 2.24) is 9.97 Å². The average Bonchev–Trinajstić information content (AvgIpc) is 3.29. The highest BCUT2D eigenvalue weighted by atomic mass is 32.1. The van der Waals surface area contributed by atoms with E-state index in [-0.39, 0.29) is 11.9 Å². The van der Waals surface area contributed by atoms with E-state index < -0.39 is 0 Å². The van der Waals surface area contributed by atoms with Gasteiger partial charge in [0.15, 0.2) is 0 Å². The number of hydrogen-bond donors (Lipinski definition) is 1. The molecule has 1 fully saturated rings. The van der Waals surface area contributed by atoms with Gasteiger partial charge in [-0.15, -0.1) is 11.3 Å². The second kappa shape index (κ2) is 6.92. The number of anilines is 2. The number of methoxy groups -OCH3 is 1. The van der Waals surface area contributed by atoms with Crippen LogP contribution in [0.4, 0.5) is 11.5 Å². The number of benzene rings is 1. The van der Waals surface area contributed by atoms with Gasteiger partial charge in [0, 0.05) is 13.0 Å². The van der Waals surface area contributed by atoms with Crippen LogP contribution in [0.5, 0.6) is 5.75 Å². The van der Waals surface area contributed by atoms with Crippen molar-refractivity contribution in [3.05, 3.63) is 41.5 Å². The number of ether oxygens (including phenoxy) is 1. The molecule has 1 atom stereocenters. The number of amides is 1. The van der Waals surface area contributed by atoms with Crippen LogP contribution in [0.1, 0.15) is 19.2 Å². The molecule has 134 valence electrons. The number of para-hydroxylation sites is 2. The van der Waals surface area contributed by atoms with Gasteiger partial charge in [-0.1, -0.05) is 19.1 Å². The maximum Gasteiger partial charge on any atom is 0.249 e. The number of rotatable bonds is 5. The number of thiophene rings is 1. The highest BCUT2D eigenvalue weighted by Crippen LogP contribution is 2.33. The van der Waals surface area contributed by atoms with Gasteiger partial charge < -0.3 is 15.0 Å². The molecule has 6 nitrogen and oxygen atoms in total. The second-order valence-electron chi connectivity index (χ2n) is 6.13. The molecule has 0 aliphatic carbocycles. The molecule has 1 saturated heterocycles. The first kappa shape index (κ1) is 16.8. The molecule has 3 heterocycles. The van der Waals surface area contributed by atoms with Crippen molar-refractivity contribution in [2.45, 2.75) is 25.8 Å². The number of nitrogens with one attached hydrogen (secondary N) is 1. The monoisotopic (exact) mass is 368 g/mol. The van der Waals surface area contributed by atoms with Crippen LogP contribution in [-0.2, 0) is 11.2 Å². The third-order valence-corrected chi connectivity index (χ3v) is 5.39. The Morgan fingerprint density at radius 3 is 2.96 bits per heavy atom. The van der Waals surface area contributed by atoms with Gasteiger partial charge in [-0.2, -0.15) is 0 Å². The summed E-state index contributed by atoms with van der Waals surface area (Å²) in [7, 11) is 1.62. The highest BCUT2D eigenvalue weighted by molar-refractivity contribution is 7.16. The van der Waals surface area contributed by atoms with Gasteiger partial charge in [0.1, 0.15) is 28.3 Å². The van der Waals surface area contributed by atoms with E-state index in [1.54, 1.807) is 23.3 Å². The van der Waals surface area contributed by atoms with E-state index >= 15 is 0 Å². The number of carbonyl (C=O) groups is 1. The van der Waals surface area contributed by atoms with E-state index in [1.165, 1.54) is 0 Å². The summed E-state index contributed by atoms with van der Waals surface area (Å²) in [5.74, 6) is 2.27. The molecule has 26 heavy (non-hydrogen) atoms. The minimum atomic E-state index is -0.303. The Bertz CT molecular complexity index is 956. The second-order valence-corrected chi connectivity index (χ2v) is 7.02. The summed E-state index contributed by atoms with van der Waals surface area (Å²) in [6, 6.07) is 9.30. The van der Waals surface area contributed by atoms with Crippen LogP contribution in [0.15, 0.2) is 35.7 Å². The minimum Gasteiger partial charge on any atom is -0.495 e. The van der Waals surface area contributed by atoms with Crippen LogP contribution in [0, 0.1) is 0 Å². The Morgan fingerprint density at radius 2 is 2.15 bits per heavy atom. The first-order chi connectivity index (χ1) is 12.7. The Balaban J connectivity index is 1.61. The van der Waals surface area contributed by atoms with Crippen LogP contribution in [0.25, 0.3) is 10.2 Å². The lowest BCUT2D eigenvalue weighted by atomic mass is 10.2. The maximum atomic E-state index is 13.0. The highest BCUT2D eigenvalue weighted by Gasteiger charge is 2.34. The third kappa shape index (κ3) is 2.88. The Hall–Kier alpha value is -2.67. The van der Waals surface area contributed by atoms with Crippen molar-refractivity contribution in [3.63, 3.8) is 0 Å². The molecule has 1 amide bonds. The molecule has 7 heteroatoms. The molecule has 0 saturated carbocycles. The van der Waals surface area contributed by atoms with Crippen LogP contribution in [0.3, 0.4) is 0 Å². The van der Waals surface area contributed by atoms with Crippen molar-refractivity contribution in [3.8, 4) is 5.75 Å². The fraction of sp³-hybridized carbons (Fsp3) is 0.316. The van der Waals surface area contributed by atoms with E-state index in [0.717, 1.165) is 34.0 Å². The third-order valence-electron chi connectivity index (χ3n) is 4.58. The smallest absolute Gasteiger partial charge is 0.249 e. The zero-order valence-corrected chi connectivity index (χ0v) is 15.5. The van der Waals surface area contributed by atoms with Gasteiger partial charge in [-0.3, -0.25) is 4.79 Å². The fourth-order valence-corrected chi connectivity index (χ4v) is 4.02. The predicted molar refractivity (Wildman–Crippen MR) is 104 cm³/mol. The molecular formula is C19H20N4O2S. The molecule has 1 aliphatic heterocycles. The molecule has 2 aromatic heterocycles. The quantitative estimate of drug-likeness (QED) is 0.747. The first-order valence-corrected chi connectivity index (χ1v) is 9.54. The molecule has 0 spiro atoms. The number of nitrogens with zero attached hydrogens (tertiary/aromatic N) is 3. The topological polar surface area (TPSA) is 67.3 Å². The number of carbonyl (C=O) groups excluding carboxylic acids is 1. The summed E-state index contributed by atoms with van der Waals surface area (Å²) in [6.45, 7) is 2.68. The average molecular weight is 368 g/mol. The number of hydrogen-bond acceptors (Lipinski definition) is 6. The van der Waals surface area contributed by atoms with Gasteiger partial charge in [-0.05, 0) is 30.0 Å². The fourth-order valence-electron chi connectivity index (χ4n) is 3.24. The number of aromatic nitrogens is 2. The van der Waals surface area contributed by atoms with Gasteiger partial charge in [0.05, 0.1) is 18.2 Å². The zero-order chi connectivity index (χ0) is 18.1. The summed E-state index contributed by atoms with van der Waals surface area (Å²) in [4.78, 5) is 24.9. The van der Waals surface area contributed by atoms with Crippen LogP contribution < -0.4 is 15.0 Å². The molecule has 1 N–H and O–H groups in total. The summed E-state index contributed by atoms with van der Waals surface area (Å²) in [5.41, 5.74) is 0.807. The SMILES string of the molecule is CCc1nc(NC2CCN(c3ccccc3OC)C2=O)c2ccsc2n1. The van der Waals surface area contributed by atoms with Gasteiger partial charge in [0.2, 0.25) is 5.91 Å². The number of fused-ring (bicyclic) bond motifs is 1. The maximum absolute atomic E-state index is 13.0. The van der Waals surface area contributed by atoms with Crippen LogP contribution in [-0.4, -0.2) is 35.6 Å². The largest absolute Gasteiger partial charge is 0.495 e. The first-order valence-electron chi connectivity index (χ1n) is 8.66. The Morgan fingerprint density at radius 1 is 1.31 bits per heavy atom.